The molecule has 5 nitrogen and oxygen atoms in total. The third kappa shape index (κ3) is 4.40. The molecule has 0 amide bonds. The predicted octanol–water partition coefficient (Wildman–Crippen LogP) is 2.28. The molecular formula is C15H14O5S. The van der Waals surface area contributed by atoms with Crippen LogP contribution in [0.15, 0.2) is 59.5 Å². The zero-order chi connectivity index (χ0) is 15.1. The van der Waals surface area contributed by atoms with Gasteiger partial charge in [0.1, 0.15) is 25.2 Å². The van der Waals surface area contributed by atoms with E-state index in [1.807, 2.05) is 0 Å². The van der Waals surface area contributed by atoms with Crippen molar-refractivity contribution in [2.75, 3.05) is 13.2 Å². The number of hydrogen-bond acceptors (Lipinski definition) is 5. The van der Waals surface area contributed by atoms with E-state index in [2.05, 4.69) is 0 Å². The number of ether oxygens (including phenoxy) is 1. The van der Waals surface area contributed by atoms with Crippen LogP contribution in [0, 0.1) is 0 Å². The standard InChI is InChI=1S/C15H14O5S/c16-12-13-6-8-14(9-7-13)19-10-11-20-21(17,18)15-4-2-1-3-5-15/h1-9,12H,10-11H2. The second-order valence-electron chi connectivity index (χ2n) is 4.12. The fourth-order valence-electron chi connectivity index (χ4n) is 1.60. The summed E-state index contributed by atoms with van der Waals surface area (Å²) in [5.41, 5.74) is 0.547. The first-order valence-electron chi connectivity index (χ1n) is 6.24. The Morgan fingerprint density at radius 1 is 0.905 bits per heavy atom. The fraction of sp³-hybridized carbons (Fsp3) is 0.133. The number of rotatable bonds is 7. The van der Waals surface area contributed by atoms with Crippen LogP contribution in [0.25, 0.3) is 0 Å². The van der Waals surface area contributed by atoms with Crippen LogP contribution in [-0.2, 0) is 14.3 Å². The molecule has 0 aromatic heterocycles. The molecule has 21 heavy (non-hydrogen) atoms. The van der Waals surface area contributed by atoms with Crippen molar-refractivity contribution in [3.05, 3.63) is 60.2 Å². The molecule has 0 fully saturated rings. The summed E-state index contributed by atoms with van der Waals surface area (Å²) in [4.78, 5) is 10.6. The number of benzene rings is 2. The van der Waals surface area contributed by atoms with E-state index in [9.17, 15) is 13.2 Å². The van der Waals surface area contributed by atoms with Gasteiger partial charge in [-0.3, -0.25) is 8.98 Å². The van der Waals surface area contributed by atoms with Crippen molar-refractivity contribution < 1.29 is 22.1 Å². The lowest BCUT2D eigenvalue weighted by molar-refractivity contribution is 0.112. The van der Waals surface area contributed by atoms with Crippen LogP contribution in [0.1, 0.15) is 10.4 Å². The average Bonchev–Trinajstić information content (AvgIpc) is 2.53. The monoisotopic (exact) mass is 306 g/mol. The van der Waals surface area contributed by atoms with Gasteiger partial charge in [0.15, 0.2) is 0 Å². The lowest BCUT2D eigenvalue weighted by Crippen LogP contribution is -2.13. The van der Waals surface area contributed by atoms with Gasteiger partial charge in [0.05, 0.1) is 4.90 Å². The molecule has 0 heterocycles. The van der Waals surface area contributed by atoms with Crippen LogP contribution in [0.2, 0.25) is 0 Å². The van der Waals surface area contributed by atoms with E-state index in [1.54, 1.807) is 42.5 Å². The second-order valence-corrected chi connectivity index (χ2v) is 5.74. The Morgan fingerprint density at radius 2 is 1.57 bits per heavy atom. The zero-order valence-corrected chi connectivity index (χ0v) is 12.0. The Balaban J connectivity index is 1.83. The highest BCUT2D eigenvalue weighted by Crippen LogP contribution is 2.13. The fourth-order valence-corrected chi connectivity index (χ4v) is 2.52. The molecule has 0 radical (unpaired) electrons. The van der Waals surface area contributed by atoms with E-state index in [4.69, 9.17) is 8.92 Å². The first-order valence-corrected chi connectivity index (χ1v) is 7.65. The smallest absolute Gasteiger partial charge is 0.297 e. The van der Waals surface area contributed by atoms with Crippen LogP contribution in [0.4, 0.5) is 0 Å². The molecule has 2 rings (SSSR count). The van der Waals surface area contributed by atoms with Crippen molar-refractivity contribution >= 4 is 16.4 Å². The predicted molar refractivity (Wildman–Crippen MR) is 76.9 cm³/mol. The minimum atomic E-state index is -3.75. The van der Waals surface area contributed by atoms with Crippen LogP contribution in [0.5, 0.6) is 5.75 Å². The van der Waals surface area contributed by atoms with Gasteiger partial charge < -0.3 is 4.74 Å². The Kier molecular flexibility index (Phi) is 5.08. The molecule has 0 spiro atoms. The molecule has 0 saturated heterocycles. The summed E-state index contributed by atoms with van der Waals surface area (Å²) >= 11 is 0. The molecule has 0 N–H and O–H groups in total. The number of carbonyl (C=O) groups is 1. The molecule has 0 unspecified atom stereocenters. The van der Waals surface area contributed by atoms with E-state index in [-0.39, 0.29) is 18.1 Å². The summed E-state index contributed by atoms with van der Waals surface area (Å²) in [6.07, 6.45) is 0.735. The molecule has 110 valence electrons. The maximum Gasteiger partial charge on any atom is 0.297 e. The highest BCUT2D eigenvalue weighted by atomic mass is 32.2. The first kappa shape index (κ1) is 15.2. The molecule has 0 saturated carbocycles. The van der Waals surface area contributed by atoms with Gasteiger partial charge in [-0.2, -0.15) is 8.42 Å². The summed E-state index contributed by atoms with van der Waals surface area (Å²) in [6.45, 7) is -0.000834. The number of carbonyl (C=O) groups excluding carboxylic acids is 1. The van der Waals surface area contributed by atoms with Crippen molar-refractivity contribution in [3.63, 3.8) is 0 Å². The molecule has 0 atom stereocenters. The van der Waals surface area contributed by atoms with Gasteiger partial charge in [0.2, 0.25) is 0 Å². The van der Waals surface area contributed by atoms with Gasteiger partial charge in [-0.05, 0) is 36.4 Å². The van der Waals surface area contributed by atoms with Crippen LogP contribution >= 0.6 is 0 Å². The van der Waals surface area contributed by atoms with Crippen molar-refractivity contribution in [2.24, 2.45) is 0 Å². The van der Waals surface area contributed by atoms with E-state index in [0.717, 1.165) is 6.29 Å². The summed E-state index contributed by atoms with van der Waals surface area (Å²) in [5.74, 6) is 0.543. The van der Waals surface area contributed by atoms with Crippen molar-refractivity contribution in [2.45, 2.75) is 4.90 Å². The molecular weight excluding hydrogens is 292 g/mol. The van der Waals surface area contributed by atoms with Crippen LogP contribution < -0.4 is 4.74 Å². The maximum absolute atomic E-state index is 11.8. The normalized spacial score (nSPS) is 11.0. The quantitative estimate of drug-likeness (QED) is 0.446. The molecule has 0 aliphatic rings. The van der Waals surface area contributed by atoms with Gasteiger partial charge in [-0.25, -0.2) is 0 Å². The lowest BCUT2D eigenvalue weighted by atomic mass is 10.2. The highest BCUT2D eigenvalue weighted by molar-refractivity contribution is 7.86. The third-order valence-corrected chi connectivity index (χ3v) is 3.97. The Hall–Kier alpha value is -2.18. The average molecular weight is 306 g/mol. The summed E-state index contributed by atoms with van der Waals surface area (Å²) in [5, 5.41) is 0. The van der Waals surface area contributed by atoms with Crippen LogP contribution in [0.3, 0.4) is 0 Å². The molecule has 2 aromatic carbocycles. The van der Waals surface area contributed by atoms with Gasteiger partial charge in [-0.1, -0.05) is 18.2 Å². The zero-order valence-electron chi connectivity index (χ0n) is 11.1. The molecule has 0 bridgehead atoms. The number of aldehydes is 1. The summed E-state index contributed by atoms with van der Waals surface area (Å²) in [7, 11) is -3.75. The number of hydrogen-bond donors (Lipinski definition) is 0. The van der Waals surface area contributed by atoms with Gasteiger partial charge in [-0.15, -0.1) is 0 Å². The van der Waals surface area contributed by atoms with Gasteiger partial charge >= 0.3 is 0 Å². The van der Waals surface area contributed by atoms with E-state index in [0.29, 0.717) is 11.3 Å². The minimum absolute atomic E-state index is 0.0898. The molecule has 6 heteroatoms. The lowest BCUT2D eigenvalue weighted by Gasteiger charge is -2.07. The molecule has 2 aromatic rings. The third-order valence-electron chi connectivity index (χ3n) is 2.64. The molecule has 0 aliphatic carbocycles. The minimum Gasteiger partial charge on any atom is -0.491 e. The van der Waals surface area contributed by atoms with Crippen LogP contribution in [-0.4, -0.2) is 27.9 Å². The van der Waals surface area contributed by atoms with Gasteiger partial charge in [0, 0.05) is 5.56 Å². The first-order chi connectivity index (χ1) is 10.1. The van der Waals surface area contributed by atoms with Crippen molar-refractivity contribution in [1.29, 1.82) is 0 Å². The second kappa shape index (κ2) is 7.01. The van der Waals surface area contributed by atoms with Gasteiger partial charge in [0.25, 0.3) is 10.1 Å². The Morgan fingerprint density at radius 3 is 2.19 bits per heavy atom. The summed E-state index contributed by atoms with van der Waals surface area (Å²) < 4.78 is 33.8. The Bertz CT molecular complexity index is 678. The Labute approximate surface area is 123 Å². The highest BCUT2D eigenvalue weighted by Gasteiger charge is 2.13. The van der Waals surface area contributed by atoms with E-state index < -0.39 is 10.1 Å². The van der Waals surface area contributed by atoms with Crippen molar-refractivity contribution in [1.82, 2.24) is 0 Å². The SMILES string of the molecule is O=Cc1ccc(OCCOS(=O)(=O)c2ccccc2)cc1. The van der Waals surface area contributed by atoms with E-state index >= 15 is 0 Å². The van der Waals surface area contributed by atoms with E-state index in [1.165, 1.54) is 12.1 Å². The maximum atomic E-state index is 11.8. The molecule has 0 aliphatic heterocycles. The van der Waals surface area contributed by atoms with Crippen molar-refractivity contribution in [3.8, 4) is 5.75 Å². The largest absolute Gasteiger partial charge is 0.491 e. The summed E-state index contributed by atoms with van der Waals surface area (Å²) in [6, 6.07) is 14.4. The topological polar surface area (TPSA) is 69.7 Å².